The lowest BCUT2D eigenvalue weighted by Gasteiger charge is -2.19. The molecule has 1 aromatic carbocycles. The third kappa shape index (κ3) is 2.54. The largest absolute Gasteiger partial charge is 0.494 e. The van der Waals surface area contributed by atoms with Gasteiger partial charge in [-0.1, -0.05) is 6.42 Å². The molecule has 6 nitrogen and oxygen atoms in total. The number of benzene rings is 1. The summed E-state index contributed by atoms with van der Waals surface area (Å²) < 4.78 is 18.8. The number of nitrogens with one attached hydrogen (secondary N) is 1. The number of fused-ring (bicyclic) bond motifs is 1. The van der Waals surface area contributed by atoms with E-state index in [0.29, 0.717) is 16.7 Å². The minimum Gasteiger partial charge on any atom is -0.494 e. The van der Waals surface area contributed by atoms with Crippen molar-refractivity contribution in [1.29, 1.82) is 0 Å². The van der Waals surface area contributed by atoms with Crippen molar-refractivity contribution in [2.45, 2.75) is 25.3 Å². The highest BCUT2D eigenvalue weighted by Crippen LogP contribution is 2.31. The Kier molecular flexibility index (Phi) is 3.79. The Morgan fingerprint density at radius 1 is 1.41 bits per heavy atom. The topological polar surface area (TPSA) is 90.1 Å². The van der Waals surface area contributed by atoms with Crippen molar-refractivity contribution in [3.63, 3.8) is 0 Å². The number of methoxy groups -OCH3 is 1. The molecule has 0 spiro atoms. The van der Waals surface area contributed by atoms with E-state index in [4.69, 9.17) is 10.5 Å². The lowest BCUT2D eigenvalue weighted by atomic mass is 10.0. The summed E-state index contributed by atoms with van der Waals surface area (Å²) in [5.41, 5.74) is 5.91. The van der Waals surface area contributed by atoms with Crippen LogP contribution in [-0.2, 0) is 4.79 Å². The Morgan fingerprint density at radius 3 is 2.95 bits per heavy atom. The van der Waals surface area contributed by atoms with Gasteiger partial charge in [-0.15, -0.1) is 0 Å². The second-order valence-electron chi connectivity index (χ2n) is 5.42. The molecule has 116 valence electrons. The molecule has 1 aliphatic carbocycles. The molecule has 3 N–H and O–H groups in total. The Bertz CT molecular complexity index is 722. The van der Waals surface area contributed by atoms with Gasteiger partial charge in [-0.3, -0.25) is 4.79 Å². The molecular formula is C15H17FN4O2. The van der Waals surface area contributed by atoms with Crippen molar-refractivity contribution < 1.29 is 13.9 Å². The maximum absolute atomic E-state index is 13.8. The number of nitrogens with zero attached hydrogens (tertiary/aromatic N) is 2. The Hall–Kier alpha value is -2.44. The van der Waals surface area contributed by atoms with Crippen LogP contribution in [0.4, 0.5) is 10.2 Å². The van der Waals surface area contributed by atoms with Crippen LogP contribution in [-0.4, -0.2) is 29.0 Å². The molecule has 1 heterocycles. The molecular weight excluding hydrogens is 287 g/mol. The molecule has 7 heteroatoms. The second kappa shape index (κ2) is 5.75. The fraction of sp³-hybridized carbons (Fsp3) is 0.400. The highest BCUT2D eigenvalue weighted by Gasteiger charge is 2.32. The maximum Gasteiger partial charge on any atom is 0.222 e. The lowest BCUT2D eigenvalue weighted by molar-refractivity contribution is -0.121. The van der Waals surface area contributed by atoms with Gasteiger partial charge < -0.3 is 15.8 Å². The molecule has 0 radical (unpaired) electrons. The van der Waals surface area contributed by atoms with Crippen LogP contribution >= 0.6 is 0 Å². The molecule has 22 heavy (non-hydrogen) atoms. The minimum absolute atomic E-state index is 0.0633. The summed E-state index contributed by atoms with van der Waals surface area (Å²) in [4.78, 5) is 19.8. The van der Waals surface area contributed by atoms with Gasteiger partial charge in [-0.2, -0.15) is 0 Å². The zero-order valence-electron chi connectivity index (χ0n) is 12.2. The molecule has 2 unspecified atom stereocenters. The summed E-state index contributed by atoms with van der Waals surface area (Å²) in [6.45, 7) is 0. The number of ether oxygens (including phenoxy) is 1. The van der Waals surface area contributed by atoms with E-state index in [2.05, 4.69) is 15.3 Å². The average Bonchev–Trinajstić information content (AvgIpc) is 2.95. The number of halogens is 1. The minimum atomic E-state index is -0.476. The molecule has 2 atom stereocenters. The summed E-state index contributed by atoms with van der Waals surface area (Å²) in [6, 6.07) is 2.80. The third-order valence-electron chi connectivity index (χ3n) is 4.11. The van der Waals surface area contributed by atoms with E-state index < -0.39 is 5.82 Å². The first-order valence-corrected chi connectivity index (χ1v) is 7.14. The standard InChI is InChI=1S/C15H17FN4O2/c1-22-13-5-9-12(6-10(13)16)18-7-19-15(9)20-11-4-2-3-8(11)14(17)21/h5-8,11H,2-4H2,1H3,(H2,17,21)(H,18,19,20). The van der Waals surface area contributed by atoms with Crippen LogP contribution in [0.1, 0.15) is 19.3 Å². The molecule has 1 aromatic heterocycles. The van der Waals surface area contributed by atoms with Gasteiger partial charge in [-0.25, -0.2) is 14.4 Å². The number of nitrogens with two attached hydrogens (primary N) is 1. The molecule has 0 aliphatic heterocycles. The molecule has 1 saturated carbocycles. The zero-order chi connectivity index (χ0) is 15.7. The van der Waals surface area contributed by atoms with Crippen LogP contribution < -0.4 is 15.8 Å². The number of primary amides is 1. The predicted octanol–water partition coefficient (Wildman–Crippen LogP) is 1.84. The van der Waals surface area contributed by atoms with Crippen LogP contribution in [0.25, 0.3) is 10.9 Å². The van der Waals surface area contributed by atoms with Gasteiger partial charge in [0.15, 0.2) is 11.6 Å². The molecule has 1 fully saturated rings. The molecule has 1 amide bonds. The molecule has 0 bridgehead atoms. The highest BCUT2D eigenvalue weighted by molar-refractivity contribution is 5.90. The van der Waals surface area contributed by atoms with Gasteiger partial charge in [0.2, 0.25) is 5.91 Å². The summed E-state index contributed by atoms with van der Waals surface area (Å²) in [7, 11) is 1.40. The third-order valence-corrected chi connectivity index (χ3v) is 4.11. The highest BCUT2D eigenvalue weighted by atomic mass is 19.1. The van der Waals surface area contributed by atoms with Crippen LogP contribution in [0.15, 0.2) is 18.5 Å². The van der Waals surface area contributed by atoms with Crippen LogP contribution in [0.3, 0.4) is 0 Å². The fourth-order valence-electron chi connectivity index (χ4n) is 2.98. The number of carbonyl (C=O) groups excluding carboxylic acids is 1. The summed E-state index contributed by atoms with van der Waals surface area (Å²) in [5, 5.41) is 3.91. The molecule has 2 aromatic rings. The molecule has 0 saturated heterocycles. The zero-order valence-corrected chi connectivity index (χ0v) is 12.2. The van der Waals surface area contributed by atoms with E-state index >= 15 is 0 Å². The normalized spacial score (nSPS) is 21.0. The number of anilines is 1. The van der Waals surface area contributed by atoms with Crippen molar-refractivity contribution in [2.75, 3.05) is 12.4 Å². The fourth-order valence-corrected chi connectivity index (χ4v) is 2.98. The van der Waals surface area contributed by atoms with Gasteiger partial charge in [0.1, 0.15) is 12.1 Å². The number of aromatic nitrogens is 2. The first-order chi connectivity index (χ1) is 10.6. The van der Waals surface area contributed by atoms with Crippen molar-refractivity contribution in [3.8, 4) is 5.75 Å². The van der Waals surface area contributed by atoms with E-state index in [9.17, 15) is 9.18 Å². The van der Waals surface area contributed by atoms with Crippen LogP contribution in [0.5, 0.6) is 5.75 Å². The van der Waals surface area contributed by atoms with E-state index in [1.165, 1.54) is 19.5 Å². The van der Waals surface area contributed by atoms with Gasteiger partial charge in [-0.05, 0) is 18.9 Å². The van der Waals surface area contributed by atoms with Gasteiger partial charge >= 0.3 is 0 Å². The van der Waals surface area contributed by atoms with Crippen LogP contribution in [0, 0.1) is 11.7 Å². The molecule has 3 rings (SSSR count). The van der Waals surface area contributed by atoms with E-state index in [-0.39, 0.29) is 23.6 Å². The second-order valence-corrected chi connectivity index (χ2v) is 5.42. The monoisotopic (exact) mass is 304 g/mol. The number of rotatable bonds is 4. The average molecular weight is 304 g/mol. The Balaban J connectivity index is 1.98. The first kappa shape index (κ1) is 14.5. The van der Waals surface area contributed by atoms with E-state index in [0.717, 1.165) is 19.3 Å². The smallest absolute Gasteiger partial charge is 0.222 e. The van der Waals surface area contributed by atoms with Crippen LogP contribution in [0.2, 0.25) is 0 Å². The quantitative estimate of drug-likeness (QED) is 0.899. The van der Waals surface area contributed by atoms with Gasteiger partial charge in [0.25, 0.3) is 0 Å². The summed E-state index contributed by atoms with van der Waals surface area (Å²) in [6.07, 6.45) is 3.92. The van der Waals surface area contributed by atoms with E-state index in [1.807, 2.05) is 0 Å². The number of hydrogen-bond acceptors (Lipinski definition) is 5. The van der Waals surface area contributed by atoms with Crippen molar-refractivity contribution in [2.24, 2.45) is 11.7 Å². The van der Waals surface area contributed by atoms with Crippen molar-refractivity contribution in [1.82, 2.24) is 9.97 Å². The maximum atomic E-state index is 13.8. The summed E-state index contributed by atoms with van der Waals surface area (Å²) >= 11 is 0. The van der Waals surface area contributed by atoms with Gasteiger partial charge in [0.05, 0.1) is 18.5 Å². The lowest BCUT2D eigenvalue weighted by Crippen LogP contribution is -2.34. The first-order valence-electron chi connectivity index (χ1n) is 7.14. The predicted molar refractivity (Wildman–Crippen MR) is 80.0 cm³/mol. The van der Waals surface area contributed by atoms with E-state index in [1.54, 1.807) is 6.07 Å². The SMILES string of the molecule is COc1cc2c(NC3CCCC3C(N)=O)ncnc2cc1F. The Labute approximate surface area is 126 Å². The summed E-state index contributed by atoms with van der Waals surface area (Å²) in [5.74, 6) is -0.315. The van der Waals surface area contributed by atoms with Gasteiger partial charge in [0, 0.05) is 17.5 Å². The Morgan fingerprint density at radius 2 is 2.23 bits per heavy atom. The van der Waals surface area contributed by atoms with Crippen molar-refractivity contribution in [3.05, 3.63) is 24.3 Å². The number of carbonyl (C=O) groups is 1. The molecule has 1 aliphatic rings. The number of amides is 1. The van der Waals surface area contributed by atoms with Crippen molar-refractivity contribution >= 4 is 22.6 Å². The number of hydrogen-bond donors (Lipinski definition) is 2.